The van der Waals surface area contributed by atoms with Crippen molar-refractivity contribution >= 4 is 16.5 Å². The van der Waals surface area contributed by atoms with Crippen molar-refractivity contribution in [3.8, 4) is 0 Å². The lowest BCUT2D eigenvalue weighted by atomic mass is 10.0. The summed E-state index contributed by atoms with van der Waals surface area (Å²) in [4.78, 5) is 10.7. The highest BCUT2D eigenvalue weighted by molar-refractivity contribution is 7.15. The van der Waals surface area contributed by atoms with Crippen LogP contribution in [0.4, 0.5) is 5.13 Å². The number of fused-ring (bicyclic) bond motifs is 1. The fraction of sp³-hybridized carbons (Fsp3) is 0.786. The predicted molar refractivity (Wildman–Crippen MR) is 78.9 cm³/mol. The highest BCUT2D eigenvalue weighted by atomic mass is 32.1. The van der Waals surface area contributed by atoms with Crippen LogP contribution in [-0.2, 0) is 6.42 Å². The van der Waals surface area contributed by atoms with E-state index in [2.05, 4.69) is 23.9 Å². The molecule has 0 saturated carbocycles. The summed E-state index contributed by atoms with van der Waals surface area (Å²) in [6.07, 6.45) is 5.16. The van der Waals surface area contributed by atoms with E-state index in [-0.39, 0.29) is 6.10 Å². The van der Waals surface area contributed by atoms with Crippen LogP contribution in [0.5, 0.6) is 0 Å². The van der Waals surface area contributed by atoms with E-state index < -0.39 is 0 Å². The van der Waals surface area contributed by atoms with Crippen LogP contribution in [0.1, 0.15) is 42.4 Å². The molecular weight excluding hydrogens is 258 g/mol. The molecule has 1 aliphatic carbocycles. The maximum atomic E-state index is 10.0. The van der Waals surface area contributed by atoms with E-state index in [4.69, 9.17) is 4.98 Å². The summed E-state index contributed by atoms with van der Waals surface area (Å²) in [7, 11) is 4.33. The fourth-order valence-corrected chi connectivity index (χ4v) is 4.30. The average molecular weight is 281 g/mol. The van der Waals surface area contributed by atoms with Crippen LogP contribution in [0.2, 0.25) is 0 Å². The molecule has 1 N–H and O–H groups in total. The number of hydrogen-bond donors (Lipinski definition) is 1. The molecule has 5 heteroatoms. The molecule has 0 radical (unpaired) electrons. The molecule has 1 fully saturated rings. The smallest absolute Gasteiger partial charge is 0.185 e. The van der Waals surface area contributed by atoms with Crippen LogP contribution < -0.4 is 4.90 Å². The number of thiazole rings is 1. The molecule has 106 valence electrons. The van der Waals surface area contributed by atoms with Gasteiger partial charge in [-0.1, -0.05) is 0 Å². The van der Waals surface area contributed by atoms with Gasteiger partial charge in [0.1, 0.15) is 0 Å². The molecule has 1 unspecified atom stereocenters. The Labute approximate surface area is 119 Å². The number of nitrogens with zero attached hydrogens (tertiary/aromatic N) is 3. The Morgan fingerprint density at radius 2 is 2.00 bits per heavy atom. The van der Waals surface area contributed by atoms with Crippen LogP contribution in [-0.4, -0.2) is 48.2 Å². The molecule has 3 rings (SSSR count). The molecule has 0 bridgehead atoms. The van der Waals surface area contributed by atoms with Gasteiger partial charge in [0.05, 0.1) is 11.8 Å². The fourth-order valence-electron chi connectivity index (χ4n) is 3.09. The van der Waals surface area contributed by atoms with Crippen molar-refractivity contribution in [3.05, 3.63) is 10.6 Å². The Balaban J connectivity index is 1.70. The topological polar surface area (TPSA) is 39.6 Å². The van der Waals surface area contributed by atoms with Gasteiger partial charge in [0.15, 0.2) is 5.13 Å². The van der Waals surface area contributed by atoms with Gasteiger partial charge in [0.25, 0.3) is 0 Å². The number of aliphatic hydroxyl groups is 1. The minimum atomic E-state index is -0.326. The minimum Gasteiger partial charge on any atom is -0.387 e. The normalized spacial score (nSPS) is 24.8. The number of rotatable bonds is 2. The molecule has 0 spiro atoms. The zero-order chi connectivity index (χ0) is 13.4. The number of anilines is 1. The monoisotopic (exact) mass is 281 g/mol. The van der Waals surface area contributed by atoms with E-state index >= 15 is 0 Å². The van der Waals surface area contributed by atoms with Crippen LogP contribution in [0.25, 0.3) is 0 Å². The van der Waals surface area contributed by atoms with Gasteiger partial charge in [-0.25, -0.2) is 4.98 Å². The first-order valence-electron chi connectivity index (χ1n) is 7.24. The number of aliphatic hydroxyl groups excluding tert-OH is 1. The minimum absolute atomic E-state index is 0.326. The molecule has 1 aliphatic heterocycles. The molecule has 1 saturated heterocycles. The Kier molecular flexibility index (Phi) is 3.78. The van der Waals surface area contributed by atoms with Gasteiger partial charge in [-0.2, -0.15) is 0 Å². The molecule has 2 aliphatic rings. The van der Waals surface area contributed by atoms with Crippen LogP contribution in [0.15, 0.2) is 0 Å². The van der Waals surface area contributed by atoms with E-state index in [0.29, 0.717) is 6.04 Å². The standard InChI is InChI=1S/C14H23N3OS/c1-16(2)10-6-8-17(9-7-10)14-15-13-11(18)4-3-5-12(13)19-14/h10-11,18H,3-9H2,1-2H3. The molecule has 1 aromatic heterocycles. The number of aromatic nitrogens is 1. The zero-order valence-corrected chi connectivity index (χ0v) is 12.6. The molecule has 4 nitrogen and oxygen atoms in total. The third-order valence-electron chi connectivity index (χ3n) is 4.38. The molecule has 0 aromatic carbocycles. The second-order valence-electron chi connectivity index (χ2n) is 5.89. The summed E-state index contributed by atoms with van der Waals surface area (Å²) < 4.78 is 0. The molecule has 2 heterocycles. The third kappa shape index (κ3) is 2.64. The lowest BCUT2D eigenvalue weighted by molar-refractivity contribution is 0.153. The van der Waals surface area contributed by atoms with Crippen molar-refractivity contribution in [3.63, 3.8) is 0 Å². The summed E-state index contributed by atoms with van der Waals surface area (Å²) in [5.74, 6) is 0. The largest absolute Gasteiger partial charge is 0.387 e. The number of piperidine rings is 1. The van der Waals surface area contributed by atoms with Crippen LogP contribution in [0, 0.1) is 0 Å². The predicted octanol–water partition coefficient (Wildman–Crippen LogP) is 2.04. The average Bonchev–Trinajstić information content (AvgIpc) is 2.84. The number of hydrogen-bond acceptors (Lipinski definition) is 5. The second-order valence-corrected chi connectivity index (χ2v) is 6.96. The Bertz CT molecular complexity index is 438. The quantitative estimate of drug-likeness (QED) is 0.900. The molecular formula is C14H23N3OS. The SMILES string of the molecule is CN(C)C1CCN(c2nc3c(s2)CCCC3O)CC1. The lowest BCUT2D eigenvalue weighted by Gasteiger charge is -2.35. The van der Waals surface area contributed by atoms with E-state index in [1.165, 1.54) is 17.7 Å². The van der Waals surface area contributed by atoms with E-state index in [1.54, 1.807) is 11.3 Å². The first-order chi connectivity index (χ1) is 9.15. The van der Waals surface area contributed by atoms with Gasteiger partial charge >= 0.3 is 0 Å². The van der Waals surface area contributed by atoms with Crippen molar-refractivity contribution in [2.45, 2.75) is 44.2 Å². The second kappa shape index (κ2) is 5.38. The molecule has 1 atom stereocenters. The first kappa shape index (κ1) is 13.3. The van der Waals surface area contributed by atoms with Crippen molar-refractivity contribution in [2.24, 2.45) is 0 Å². The summed E-state index contributed by atoms with van der Waals surface area (Å²) in [5.41, 5.74) is 0.959. The Morgan fingerprint density at radius 3 is 2.63 bits per heavy atom. The van der Waals surface area contributed by atoms with Gasteiger partial charge in [-0.15, -0.1) is 11.3 Å². The van der Waals surface area contributed by atoms with E-state index in [9.17, 15) is 5.11 Å². The van der Waals surface area contributed by atoms with Gasteiger partial charge in [-0.3, -0.25) is 0 Å². The summed E-state index contributed by atoms with van der Waals surface area (Å²) in [6, 6.07) is 0.705. The van der Waals surface area contributed by atoms with Crippen LogP contribution in [0.3, 0.4) is 0 Å². The third-order valence-corrected chi connectivity index (χ3v) is 5.57. The van der Waals surface area contributed by atoms with Crippen molar-refractivity contribution < 1.29 is 5.11 Å². The number of aryl methyl sites for hydroxylation is 1. The first-order valence-corrected chi connectivity index (χ1v) is 8.06. The van der Waals surface area contributed by atoms with Crippen molar-refractivity contribution in [2.75, 3.05) is 32.1 Å². The van der Waals surface area contributed by atoms with Crippen molar-refractivity contribution in [1.29, 1.82) is 0 Å². The Morgan fingerprint density at radius 1 is 1.26 bits per heavy atom. The lowest BCUT2D eigenvalue weighted by Crippen LogP contribution is -2.41. The van der Waals surface area contributed by atoms with E-state index in [1.807, 2.05) is 0 Å². The summed E-state index contributed by atoms with van der Waals surface area (Å²) in [5, 5.41) is 11.1. The van der Waals surface area contributed by atoms with Crippen LogP contribution >= 0.6 is 11.3 Å². The van der Waals surface area contributed by atoms with Crippen molar-refractivity contribution in [1.82, 2.24) is 9.88 Å². The Hall–Kier alpha value is -0.650. The van der Waals surface area contributed by atoms with Gasteiger partial charge in [-0.05, 0) is 46.2 Å². The summed E-state index contributed by atoms with van der Waals surface area (Å²) >= 11 is 1.80. The maximum absolute atomic E-state index is 10.0. The molecule has 1 aromatic rings. The van der Waals surface area contributed by atoms with Gasteiger partial charge in [0, 0.05) is 24.0 Å². The highest BCUT2D eigenvalue weighted by Crippen LogP contribution is 2.37. The van der Waals surface area contributed by atoms with E-state index in [0.717, 1.165) is 43.2 Å². The van der Waals surface area contributed by atoms with Gasteiger partial charge < -0.3 is 14.9 Å². The zero-order valence-electron chi connectivity index (χ0n) is 11.8. The molecule has 19 heavy (non-hydrogen) atoms. The summed E-state index contributed by atoms with van der Waals surface area (Å²) in [6.45, 7) is 2.18. The maximum Gasteiger partial charge on any atom is 0.185 e. The molecule has 0 amide bonds. The van der Waals surface area contributed by atoms with Gasteiger partial charge in [0.2, 0.25) is 0 Å². The highest BCUT2D eigenvalue weighted by Gasteiger charge is 2.27.